The first-order valence-corrected chi connectivity index (χ1v) is 9.67. The Morgan fingerprint density at radius 3 is 2.58 bits per heavy atom. The molecule has 0 atom stereocenters. The zero-order valence-electron chi connectivity index (χ0n) is 17.4. The SMILES string of the molecule is Cc1ccc(N=Nc2cc(C)ccc2NC(=O)Cn2cnc3c(cnn3C)c2=O)cc1. The molecule has 0 bridgehead atoms. The number of benzene rings is 2. The molecule has 0 aliphatic heterocycles. The van der Waals surface area contributed by atoms with Gasteiger partial charge in [0.1, 0.15) is 23.9 Å². The van der Waals surface area contributed by atoms with Gasteiger partial charge in [0.05, 0.1) is 17.6 Å². The Bertz CT molecular complexity index is 1350. The highest BCUT2D eigenvalue weighted by Crippen LogP contribution is 2.28. The van der Waals surface area contributed by atoms with E-state index in [2.05, 4.69) is 25.6 Å². The Morgan fingerprint density at radius 2 is 1.81 bits per heavy atom. The number of nitrogens with zero attached hydrogens (tertiary/aromatic N) is 6. The number of hydrogen-bond acceptors (Lipinski definition) is 6. The zero-order valence-corrected chi connectivity index (χ0v) is 17.4. The molecule has 31 heavy (non-hydrogen) atoms. The maximum Gasteiger partial charge on any atom is 0.264 e. The second-order valence-electron chi connectivity index (χ2n) is 7.29. The molecule has 2 heterocycles. The lowest BCUT2D eigenvalue weighted by atomic mass is 10.2. The highest BCUT2D eigenvalue weighted by Gasteiger charge is 2.12. The van der Waals surface area contributed by atoms with Crippen molar-refractivity contribution in [3.05, 3.63) is 76.5 Å². The number of rotatable bonds is 5. The van der Waals surface area contributed by atoms with Crippen LogP contribution in [0.5, 0.6) is 0 Å². The largest absolute Gasteiger partial charge is 0.323 e. The monoisotopic (exact) mass is 415 g/mol. The molecule has 0 aliphatic rings. The average Bonchev–Trinajstić information content (AvgIpc) is 3.13. The zero-order chi connectivity index (χ0) is 22.0. The quantitative estimate of drug-likeness (QED) is 0.500. The van der Waals surface area contributed by atoms with Crippen molar-refractivity contribution >= 4 is 34.0 Å². The van der Waals surface area contributed by atoms with Gasteiger partial charge in [-0.3, -0.25) is 18.8 Å². The predicted molar refractivity (Wildman–Crippen MR) is 118 cm³/mol. The molecule has 4 aromatic rings. The average molecular weight is 415 g/mol. The molecular weight excluding hydrogens is 394 g/mol. The first-order chi connectivity index (χ1) is 14.9. The van der Waals surface area contributed by atoms with Crippen LogP contribution in [-0.2, 0) is 18.4 Å². The molecule has 156 valence electrons. The van der Waals surface area contributed by atoms with Gasteiger partial charge in [-0.2, -0.15) is 10.2 Å². The summed E-state index contributed by atoms with van der Waals surface area (Å²) in [6.45, 7) is 3.76. The van der Waals surface area contributed by atoms with E-state index in [1.807, 2.05) is 50.2 Å². The summed E-state index contributed by atoms with van der Waals surface area (Å²) in [5.74, 6) is -0.372. The molecule has 0 saturated heterocycles. The summed E-state index contributed by atoms with van der Waals surface area (Å²) in [5.41, 5.74) is 4.02. The van der Waals surface area contributed by atoms with Crippen LogP contribution in [0.3, 0.4) is 0 Å². The summed E-state index contributed by atoms with van der Waals surface area (Å²) in [7, 11) is 1.70. The summed E-state index contributed by atoms with van der Waals surface area (Å²) in [6.07, 6.45) is 2.79. The number of aromatic nitrogens is 4. The van der Waals surface area contributed by atoms with E-state index in [1.54, 1.807) is 13.1 Å². The van der Waals surface area contributed by atoms with Crippen LogP contribution in [0.4, 0.5) is 17.1 Å². The number of azo groups is 1. The van der Waals surface area contributed by atoms with Crippen LogP contribution in [-0.4, -0.2) is 25.2 Å². The Labute approximate surface area is 178 Å². The van der Waals surface area contributed by atoms with Crippen LogP contribution < -0.4 is 10.9 Å². The van der Waals surface area contributed by atoms with Gasteiger partial charge in [-0.25, -0.2) is 4.98 Å². The number of hydrogen-bond donors (Lipinski definition) is 1. The molecule has 2 aromatic heterocycles. The van der Waals surface area contributed by atoms with Gasteiger partial charge in [-0.15, -0.1) is 5.11 Å². The highest BCUT2D eigenvalue weighted by atomic mass is 16.2. The van der Waals surface area contributed by atoms with Gasteiger partial charge < -0.3 is 5.32 Å². The second-order valence-corrected chi connectivity index (χ2v) is 7.29. The van der Waals surface area contributed by atoms with Crippen molar-refractivity contribution in [2.75, 3.05) is 5.32 Å². The van der Waals surface area contributed by atoms with E-state index in [-0.39, 0.29) is 18.0 Å². The number of carbonyl (C=O) groups excluding carboxylic acids is 1. The molecule has 1 amide bonds. The van der Waals surface area contributed by atoms with Crippen molar-refractivity contribution in [2.45, 2.75) is 20.4 Å². The third-order valence-corrected chi connectivity index (χ3v) is 4.77. The van der Waals surface area contributed by atoms with Gasteiger partial charge in [-0.1, -0.05) is 23.8 Å². The van der Waals surface area contributed by atoms with E-state index in [0.717, 1.165) is 11.1 Å². The van der Waals surface area contributed by atoms with Crippen LogP contribution in [0.2, 0.25) is 0 Å². The Hall–Kier alpha value is -4.14. The maximum atomic E-state index is 12.6. The molecule has 0 radical (unpaired) electrons. The molecule has 0 spiro atoms. The minimum Gasteiger partial charge on any atom is -0.323 e. The van der Waals surface area contributed by atoms with Gasteiger partial charge >= 0.3 is 0 Å². The lowest BCUT2D eigenvalue weighted by Crippen LogP contribution is -2.27. The van der Waals surface area contributed by atoms with Gasteiger partial charge in [0, 0.05) is 7.05 Å². The van der Waals surface area contributed by atoms with Crippen LogP contribution in [0, 0.1) is 13.8 Å². The van der Waals surface area contributed by atoms with Gasteiger partial charge in [-0.05, 0) is 43.7 Å². The van der Waals surface area contributed by atoms with E-state index in [9.17, 15) is 9.59 Å². The molecule has 9 heteroatoms. The highest BCUT2D eigenvalue weighted by molar-refractivity contribution is 5.93. The van der Waals surface area contributed by atoms with Crippen molar-refractivity contribution < 1.29 is 4.79 Å². The molecular formula is C22H21N7O2. The number of amides is 1. The molecule has 4 rings (SSSR count). The first-order valence-electron chi connectivity index (χ1n) is 9.67. The number of fused-ring (bicyclic) bond motifs is 1. The molecule has 1 N–H and O–H groups in total. The summed E-state index contributed by atoms with van der Waals surface area (Å²) < 4.78 is 2.76. The molecule has 0 aliphatic carbocycles. The standard InChI is InChI=1S/C22H21N7O2/c1-14-4-7-16(8-5-14)26-27-19-10-15(2)6-9-18(19)25-20(30)12-29-13-23-21-17(22(29)31)11-24-28(21)3/h4-11,13H,12H2,1-3H3,(H,25,30). The van der Waals surface area contributed by atoms with Gasteiger partial charge in [0.25, 0.3) is 5.56 Å². The van der Waals surface area contributed by atoms with E-state index >= 15 is 0 Å². The Morgan fingerprint density at radius 1 is 1.06 bits per heavy atom. The topological polar surface area (TPSA) is 107 Å². The predicted octanol–water partition coefficient (Wildman–Crippen LogP) is 3.80. The van der Waals surface area contributed by atoms with Gasteiger partial charge in [0.15, 0.2) is 5.65 Å². The second kappa shape index (κ2) is 8.31. The Kier molecular flexibility index (Phi) is 5.40. The molecule has 0 saturated carbocycles. The lowest BCUT2D eigenvalue weighted by molar-refractivity contribution is -0.116. The van der Waals surface area contributed by atoms with E-state index in [1.165, 1.54) is 21.8 Å². The van der Waals surface area contributed by atoms with Crippen molar-refractivity contribution in [1.82, 2.24) is 19.3 Å². The fourth-order valence-corrected chi connectivity index (χ4v) is 3.08. The summed E-state index contributed by atoms with van der Waals surface area (Å²) >= 11 is 0. The lowest BCUT2D eigenvalue weighted by Gasteiger charge is -2.10. The number of nitrogens with one attached hydrogen (secondary N) is 1. The van der Waals surface area contributed by atoms with E-state index < -0.39 is 0 Å². The smallest absolute Gasteiger partial charge is 0.264 e. The Balaban J connectivity index is 1.55. The van der Waals surface area contributed by atoms with E-state index in [0.29, 0.717) is 28.1 Å². The van der Waals surface area contributed by atoms with Crippen LogP contribution in [0.15, 0.2) is 70.0 Å². The van der Waals surface area contributed by atoms with Crippen LogP contribution in [0.25, 0.3) is 11.0 Å². The maximum absolute atomic E-state index is 12.6. The third kappa shape index (κ3) is 4.40. The third-order valence-electron chi connectivity index (χ3n) is 4.77. The number of carbonyl (C=O) groups is 1. The normalized spacial score (nSPS) is 11.3. The summed E-state index contributed by atoms with van der Waals surface area (Å²) in [4.78, 5) is 29.4. The molecule has 0 unspecified atom stereocenters. The van der Waals surface area contributed by atoms with Crippen molar-refractivity contribution in [2.24, 2.45) is 17.3 Å². The summed E-state index contributed by atoms with van der Waals surface area (Å²) in [6, 6.07) is 13.1. The van der Waals surface area contributed by atoms with Gasteiger partial charge in [0.2, 0.25) is 5.91 Å². The fourth-order valence-electron chi connectivity index (χ4n) is 3.08. The summed E-state index contributed by atoms with van der Waals surface area (Å²) in [5, 5.41) is 15.8. The number of anilines is 1. The number of aryl methyl sites for hydroxylation is 3. The van der Waals surface area contributed by atoms with Crippen LogP contribution in [0.1, 0.15) is 11.1 Å². The van der Waals surface area contributed by atoms with Crippen molar-refractivity contribution in [3.8, 4) is 0 Å². The molecule has 9 nitrogen and oxygen atoms in total. The molecule has 0 fully saturated rings. The van der Waals surface area contributed by atoms with Crippen molar-refractivity contribution in [1.29, 1.82) is 0 Å². The fraction of sp³-hybridized carbons (Fsp3) is 0.182. The first kappa shape index (κ1) is 20.1. The minimum absolute atomic E-state index is 0.181. The minimum atomic E-state index is -0.372. The van der Waals surface area contributed by atoms with E-state index in [4.69, 9.17) is 0 Å². The van der Waals surface area contributed by atoms with Crippen LogP contribution >= 0.6 is 0 Å². The van der Waals surface area contributed by atoms with Crippen molar-refractivity contribution in [3.63, 3.8) is 0 Å². The molecule has 2 aromatic carbocycles.